The summed E-state index contributed by atoms with van der Waals surface area (Å²) in [5, 5.41) is 0.330. The van der Waals surface area contributed by atoms with Crippen LogP contribution in [0.4, 0.5) is 0 Å². The molecule has 1 atom stereocenters. The number of aryl methyl sites for hydroxylation is 2. The molecule has 0 bridgehead atoms. The Morgan fingerprint density at radius 2 is 2.00 bits per heavy atom. The molecule has 86 valence electrons. The molecule has 1 nitrogen and oxygen atoms in total. The van der Waals surface area contributed by atoms with Gasteiger partial charge in [-0.05, 0) is 38.8 Å². The maximum absolute atomic E-state index is 11.6. The summed E-state index contributed by atoms with van der Waals surface area (Å²) < 4.78 is 0.0373. The van der Waals surface area contributed by atoms with Crippen molar-refractivity contribution in [2.75, 3.05) is 0 Å². The molecule has 0 aliphatic carbocycles. The lowest BCUT2D eigenvalue weighted by atomic mass is 9.83. The highest BCUT2D eigenvalue weighted by molar-refractivity contribution is 8.15. The molecule has 0 amide bonds. The first kappa shape index (κ1) is 11.7. The van der Waals surface area contributed by atoms with Crippen LogP contribution in [-0.2, 0) is 4.79 Å². The Morgan fingerprint density at radius 3 is 2.56 bits per heavy atom. The SMILES string of the molecule is Cc1ccc(C)c(C2CC(=O)SC2(C)C)c1. The Hall–Kier alpha value is -0.760. The second-order valence-electron chi connectivity index (χ2n) is 5.19. The van der Waals surface area contributed by atoms with Gasteiger partial charge >= 0.3 is 0 Å². The lowest BCUT2D eigenvalue weighted by molar-refractivity contribution is -0.110. The van der Waals surface area contributed by atoms with Crippen LogP contribution in [0.1, 0.15) is 42.9 Å². The third kappa shape index (κ3) is 2.03. The van der Waals surface area contributed by atoms with E-state index >= 15 is 0 Å². The Labute approximate surface area is 102 Å². The Kier molecular flexibility index (Phi) is 2.87. The van der Waals surface area contributed by atoms with Crippen molar-refractivity contribution >= 4 is 16.9 Å². The average Bonchev–Trinajstić information content (AvgIpc) is 2.43. The quantitative estimate of drug-likeness (QED) is 0.734. The van der Waals surface area contributed by atoms with E-state index in [1.165, 1.54) is 28.5 Å². The van der Waals surface area contributed by atoms with Gasteiger partial charge in [-0.2, -0.15) is 0 Å². The van der Waals surface area contributed by atoms with Crippen LogP contribution < -0.4 is 0 Å². The molecule has 0 spiro atoms. The van der Waals surface area contributed by atoms with Crippen LogP contribution in [0.15, 0.2) is 18.2 Å². The predicted molar refractivity (Wildman–Crippen MR) is 70.0 cm³/mol. The van der Waals surface area contributed by atoms with Gasteiger partial charge in [-0.3, -0.25) is 4.79 Å². The largest absolute Gasteiger partial charge is 0.287 e. The third-order valence-electron chi connectivity index (χ3n) is 3.40. The first-order chi connectivity index (χ1) is 7.40. The van der Waals surface area contributed by atoms with Crippen LogP contribution >= 0.6 is 11.8 Å². The van der Waals surface area contributed by atoms with Crippen LogP contribution in [0, 0.1) is 13.8 Å². The van der Waals surface area contributed by atoms with Crippen LogP contribution in [0.5, 0.6) is 0 Å². The molecule has 0 aromatic heterocycles. The minimum Gasteiger partial charge on any atom is -0.287 e. The number of hydrogen-bond donors (Lipinski definition) is 0. The van der Waals surface area contributed by atoms with Crippen molar-refractivity contribution in [3.05, 3.63) is 34.9 Å². The molecular formula is C14H18OS. The van der Waals surface area contributed by atoms with E-state index in [9.17, 15) is 4.79 Å². The van der Waals surface area contributed by atoms with E-state index in [4.69, 9.17) is 0 Å². The summed E-state index contributed by atoms with van der Waals surface area (Å²) in [6, 6.07) is 6.53. The second kappa shape index (κ2) is 3.92. The molecular weight excluding hydrogens is 216 g/mol. The first-order valence-corrected chi connectivity index (χ1v) is 6.51. The molecule has 1 aromatic rings. The fraction of sp³-hybridized carbons (Fsp3) is 0.500. The first-order valence-electron chi connectivity index (χ1n) is 5.69. The van der Waals surface area contributed by atoms with Crippen LogP contribution in [0.3, 0.4) is 0 Å². The van der Waals surface area contributed by atoms with Crippen molar-refractivity contribution in [3.63, 3.8) is 0 Å². The third-order valence-corrected chi connectivity index (χ3v) is 4.60. The van der Waals surface area contributed by atoms with Crippen molar-refractivity contribution in [3.8, 4) is 0 Å². The Bertz CT molecular complexity index is 434. The molecule has 0 N–H and O–H groups in total. The molecule has 2 rings (SSSR count). The zero-order valence-corrected chi connectivity index (χ0v) is 11.1. The van der Waals surface area contributed by atoms with Gasteiger partial charge in [0.25, 0.3) is 0 Å². The van der Waals surface area contributed by atoms with Gasteiger partial charge in [0.05, 0.1) is 0 Å². The maximum atomic E-state index is 11.6. The normalized spacial score (nSPS) is 23.8. The summed E-state index contributed by atoms with van der Waals surface area (Å²) in [5.74, 6) is 0.366. The van der Waals surface area contributed by atoms with Crippen molar-refractivity contribution in [1.82, 2.24) is 0 Å². The van der Waals surface area contributed by atoms with Gasteiger partial charge < -0.3 is 0 Å². The van der Waals surface area contributed by atoms with Gasteiger partial charge in [-0.25, -0.2) is 0 Å². The summed E-state index contributed by atoms with van der Waals surface area (Å²) in [7, 11) is 0. The van der Waals surface area contributed by atoms with E-state index < -0.39 is 0 Å². The standard InChI is InChI=1S/C14H18OS/c1-9-5-6-10(2)11(7-9)12-8-13(15)16-14(12,3)4/h5-7,12H,8H2,1-4H3. The van der Waals surface area contributed by atoms with Crippen molar-refractivity contribution < 1.29 is 4.79 Å². The molecule has 1 fully saturated rings. The minimum absolute atomic E-state index is 0.0373. The summed E-state index contributed by atoms with van der Waals surface area (Å²) in [6.45, 7) is 8.60. The zero-order valence-electron chi connectivity index (χ0n) is 10.3. The molecule has 2 heteroatoms. The van der Waals surface area contributed by atoms with E-state index in [0.717, 1.165) is 0 Å². The Morgan fingerprint density at radius 1 is 1.31 bits per heavy atom. The highest BCUT2D eigenvalue weighted by Gasteiger charge is 2.41. The number of rotatable bonds is 1. The van der Waals surface area contributed by atoms with E-state index in [2.05, 4.69) is 45.9 Å². The molecule has 0 radical (unpaired) electrons. The molecule has 1 saturated heterocycles. The zero-order chi connectivity index (χ0) is 11.9. The number of thioether (sulfide) groups is 1. The van der Waals surface area contributed by atoms with Gasteiger partial charge in [0.1, 0.15) is 0 Å². The van der Waals surface area contributed by atoms with E-state index in [-0.39, 0.29) is 4.75 Å². The topological polar surface area (TPSA) is 17.1 Å². The highest BCUT2D eigenvalue weighted by Crippen LogP contribution is 2.49. The van der Waals surface area contributed by atoms with Gasteiger partial charge in [-0.1, -0.05) is 35.5 Å². The number of carbonyl (C=O) groups excluding carboxylic acids is 1. The lowest BCUT2D eigenvalue weighted by Crippen LogP contribution is -2.20. The van der Waals surface area contributed by atoms with Crippen molar-refractivity contribution in [1.29, 1.82) is 0 Å². The predicted octanol–water partition coefficient (Wildman–Crippen LogP) is 3.83. The number of hydrogen-bond acceptors (Lipinski definition) is 2. The van der Waals surface area contributed by atoms with E-state index in [0.29, 0.717) is 17.5 Å². The fourth-order valence-corrected chi connectivity index (χ4v) is 3.63. The maximum Gasteiger partial charge on any atom is 0.190 e. The van der Waals surface area contributed by atoms with Crippen LogP contribution in [0.25, 0.3) is 0 Å². The lowest BCUT2D eigenvalue weighted by Gasteiger charge is -2.26. The highest BCUT2D eigenvalue weighted by atomic mass is 32.2. The molecule has 1 heterocycles. The monoisotopic (exact) mass is 234 g/mol. The molecule has 1 aromatic carbocycles. The Balaban J connectivity index is 2.44. The fourth-order valence-electron chi connectivity index (χ4n) is 2.44. The smallest absolute Gasteiger partial charge is 0.190 e. The van der Waals surface area contributed by atoms with Gasteiger partial charge in [0.2, 0.25) is 0 Å². The summed E-state index contributed by atoms with van der Waals surface area (Å²) in [6.07, 6.45) is 0.682. The van der Waals surface area contributed by atoms with Gasteiger partial charge in [0.15, 0.2) is 5.12 Å². The van der Waals surface area contributed by atoms with Crippen molar-refractivity contribution in [2.45, 2.75) is 44.8 Å². The molecule has 16 heavy (non-hydrogen) atoms. The van der Waals surface area contributed by atoms with Gasteiger partial charge in [0, 0.05) is 17.1 Å². The average molecular weight is 234 g/mol. The van der Waals surface area contributed by atoms with Crippen LogP contribution in [-0.4, -0.2) is 9.86 Å². The van der Waals surface area contributed by atoms with Gasteiger partial charge in [-0.15, -0.1) is 0 Å². The molecule has 1 aliphatic heterocycles. The van der Waals surface area contributed by atoms with Crippen LogP contribution in [0.2, 0.25) is 0 Å². The summed E-state index contributed by atoms with van der Waals surface area (Å²) in [5.41, 5.74) is 3.93. The summed E-state index contributed by atoms with van der Waals surface area (Å²) >= 11 is 1.50. The van der Waals surface area contributed by atoms with E-state index in [1.807, 2.05) is 0 Å². The molecule has 0 saturated carbocycles. The molecule has 1 aliphatic rings. The second-order valence-corrected chi connectivity index (χ2v) is 6.91. The van der Waals surface area contributed by atoms with E-state index in [1.54, 1.807) is 0 Å². The number of benzene rings is 1. The number of carbonyl (C=O) groups is 1. The molecule has 1 unspecified atom stereocenters. The van der Waals surface area contributed by atoms with Crippen molar-refractivity contribution in [2.24, 2.45) is 0 Å². The summed E-state index contributed by atoms with van der Waals surface area (Å²) in [4.78, 5) is 11.6. The minimum atomic E-state index is 0.0373.